The van der Waals surface area contributed by atoms with Gasteiger partial charge in [-0.25, -0.2) is 13.9 Å². The summed E-state index contributed by atoms with van der Waals surface area (Å²) in [5, 5.41) is 27.7. The standard InChI is InChI=1S/C21H21F4N7O2/c1-20(2,34)17(22)11-30-19(33)13-9-28-15(6-14(13)27-4-3-21(23,24)25)16-10-29-18-5-12(7-26)8-31-32(16)18/h5-6,8-10,17,34H,3-4,11H2,1-2H3,(H,27,28)(H,30,33). The molecule has 0 aliphatic heterocycles. The van der Waals surface area contributed by atoms with E-state index in [9.17, 15) is 27.5 Å². The number of nitrogens with one attached hydrogen (secondary N) is 2. The molecule has 0 bridgehead atoms. The molecule has 180 valence electrons. The number of imidazole rings is 1. The first-order valence-electron chi connectivity index (χ1n) is 10.1. The molecule has 1 unspecified atom stereocenters. The maximum absolute atomic E-state index is 14.0. The van der Waals surface area contributed by atoms with Gasteiger partial charge in [0.2, 0.25) is 0 Å². The second-order valence-electron chi connectivity index (χ2n) is 8.01. The quantitative estimate of drug-likeness (QED) is 0.424. The Bertz CT molecular complexity index is 1230. The predicted molar refractivity (Wildman–Crippen MR) is 114 cm³/mol. The van der Waals surface area contributed by atoms with Gasteiger partial charge >= 0.3 is 6.18 Å². The summed E-state index contributed by atoms with van der Waals surface area (Å²) in [4.78, 5) is 21.0. The van der Waals surface area contributed by atoms with E-state index in [-0.39, 0.29) is 22.5 Å². The molecule has 0 aromatic carbocycles. The van der Waals surface area contributed by atoms with Crippen molar-refractivity contribution in [3.05, 3.63) is 41.9 Å². The summed E-state index contributed by atoms with van der Waals surface area (Å²) in [5.74, 6) is -0.782. The van der Waals surface area contributed by atoms with Gasteiger partial charge in [-0.1, -0.05) is 0 Å². The molecule has 0 radical (unpaired) electrons. The van der Waals surface area contributed by atoms with Gasteiger partial charge in [-0.05, 0) is 19.9 Å². The maximum atomic E-state index is 14.0. The van der Waals surface area contributed by atoms with E-state index in [2.05, 4.69) is 25.7 Å². The van der Waals surface area contributed by atoms with E-state index in [0.29, 0.717) is 11.3 Å². The zero-order valence-corrected chi connectivity index (χ0v) is 18.2. The minimum atomic E-state index is -4.41. The Kier molecular flexibility index (Phi) is 7.01. The van der Waals surface area contributed by atoms with Crippen molar-refractivity contribution in [1.29, 1.82) is 5.26 Å². The largest absolute Gasteiger partial charge is 0.390 e. The number of pyridine rings is 1. The van der Waals surface area contributed by atoms with Gasteiger partial charge in [-0.3, -0.25) is 9.78 Å². The number of fused-ring (bicyclic) bond motifs is 1. The topological polar surface area (TPSA) is 128 Å². The van der Waals surface area contributed by atoms with Crippen LogP contribution in [-0.4, -0.2) is 61.6 Å². The Morgan fingerprint density at radius 1 is 1.24 bits per heavy atom. The summed E-state index contributed by atoms with van der Waals surface area (Å²) in [6.07, 6.45) is -3.45. The Hall–Kier alpha value is -3.79. The van der Waals surface area contributed by atoms with E-state index < -0.39 is 43.4 Å². The third-order valence-electron chi connectivity index (χ3n) is 4.83. The fourth-order valence-corrected chi connectivity index (χ4v) is 2.90. The average Bonchev–Trinajstić information content (AvgIpc) is 3.18. The van der Waals surface area contributed by atoms with Crippen LogP contribution in [0, 0.1) is 11.3 Å². The third-order valence-corrected chi connectivity index (χ3v) is 4.83. The van der Waals surface area contributed by atoms with E-state index in [1.165, 1.54) is 42.9 Å². The maximum Gasteiger partial charge on any atom is 0.390 e. The number of amides is 1. The molecule has 3 aromatic heterocycles. The van der Waals surface area contributed by atoms with Crippen molar-refractivity contribution < 1.29 is 27.5 Å². The lowest BCUT2D eigenvalue weighted by atomic mass is 10.0. The number of carbonyl (C=O) groups is 1. The number of nitriles is 1. The van der Waals surface area contributed by atoms with Crippen molar-refractivity contribution in [2.75, 3.05) is 18.4 Å². The number of halogens is 4. The molecule has 3 rings (SSSR count). The number of carbonyl (C=O) groups excluding carboxylic acids is 1. The van der Waals surface area contributed by atoms with Crippen LogP contribution < -0.4 is 10.6 Å². The SMILES string of the molecule is CC(C)(O)C(F)CNC(=O)c1cnc(-c2cnc3cc(C#N)cnn23)cc1NCCC(F)(F)F. The highest BCUT2D eigenvalue weighted by atomic mass is 19.4. The number of anilines is 1. The van der Waals surface area contributed by atoms with E-state index in [4.69, 9.17) is 5.26 Å². The number of aromatic nitrogens is 4. The molecule has 9 nitrogen and oxygen atoms in total. The van der Waals surface area contributed by atoms with Crippen LogP contribution in [0.1, 0.15) is 36.2 Å². The summed E-state index contributed by atoms with van der Waals surface area (Å²) >= 11 is 0. The number of nitrogens with zero attached hydrogens (tertiary/aromatic N) is 5. The summed E-state index contributed by atoms with van der Waals surface area (Å²) in [6.45, 7) is 1.46. The van der Waals surface area contributed by atoms with Gasteiger partial charge < -0.3 is 15.7 Å². The van der Waals surface area contributed by atoms with Gasteiger partial charge in [-0.2, -0.15) is 23.5 Å². The van der Waals surface area contributed by atoms with Crippen LogP contribution in [0.4, 0.5) is 23.2 Å². The van der Waals surface area contributed by atoms with Crippen molar-refractivity contribution in [2.24, 2.45) is 0 Å². The van der Waals surface area contributed by atoms with Gasteiger partial charge in [0, 0.05) is 18.8 Å². The van der Waals surface area contributed by atoms with Crippen LogP contribution >= 0.6 is 0 Å². The van der Waals surface area contributed by atoms with Crippen molar-refractivity contribution in [2.45, 2.75) is 38.2 Å². The van der Waals surface area contributed by atoms with Crippen molar-refractivity contribution in [3.63, 3.8) is 0 Å². The molecule has 34 heavy (non-hydrogen) atoms. The molecule has 0 saturated carbocycles. The number of alkyl halides is 4. The fraction of sp³-hybridized carbons (Fsp3) is 0.381. The van der Waals surface area contributed by atoms with Crippen molar-refractivity contribution in [1.82, 2.24) is 24.9 Å². The lowest BCUT2D eigenvalue weighted by Gasteiger charge is -2.22. The molecule has 3 aromatic rings. The molecule has 13 heteroatoms. The molecule has 0 fully saturated rings. The summed E-state index contributed by atoms with van der Waals surface area (Å²) in [5.41, 5.74) is -0.505. The minimum absolute atomic E-state index is 0.0361. The number of hydrogen-bond acceptors (Lipinski definition) is 7. The zero-order valence-electron chi connectivity index (χ0n) is 18.2. The van der Waals surface area contributed by atoms with Gasteiger partial charge in [-0.15, -0.1) is 0 Å². The monoisotopic (exact) mass is 479 g/mol. The summed E-state index contributed by atoms with van der Waals surface area (Å²) in [7, 11) is 0. The molecular formula is C21H21F4N7O2. The minimum Gasteiger partial charge on any atom is -0.387 e. The van der Waals surface area contributed by atoms with Crippen LogP contribution in [0.15, 0.2) is 30.7 Å². The highest BCUT2D eigenvalue weighted by Gasteiger charge is 2.28. The Balaban J connectivity index is 1.92. The van der Waals surface area contributed by atoms with E-state index in [0.717, 1.165) is 6.20 Å². The van der Waals surface area contributed by atoms with Crippen LogP contribution in [0.5, 0.6) is 0 Å². The molecule has 0 spiro atoms. The first-order chi connectivity index (χ1) is 15.9. The highest BCUT2D eigenvalue weighted by Crippen LogP contribution is 2.26. The molecule has 3 N–H and O–H groups in total. The Morgan fingerprint density at radius 3 is 2.62 bits per heavy atom. The van der Waals surface area contributed by atoms with Gasteiger partial charge in [0.1, 0.15) is 17.9 Å². The normalized spacial score (nSPS) is 12.9. The molecule has 0 aliphatic rings. The third kappa shape index (κ3) is 5.96. The van der Waals surface area contributed by atoms with E-state index in [1.807, 2.05) is 6.07 Å². The predicted octanol–water partition coefficient (Wildman–Crippen LogP) is 2.87. The highest BCUT2D eigenvalue weighted by molar-refractivity contribution is 5.99. The second kappa shape index (κ2) is 9.60. The van der Waals surface area contributed by atoms with Gasteiger partial charge in [0.15, 0.2) is 5.65 Å². The van der Waals surface area contributed by atoms with Gasteiger partial charge in [0.25, 0.3) is 5.91 Å². The average molecular weight is 479 g/mol. The number of hydrogen-bond donors (Lipinski definition) is 3. The second-order valence-corrected chi connectivity index (χ2v) is 8.01. The van der Waals surface area contributed by atoms with Crippen LogP contribution in [0.25, 0.3) is 17.0 Å². The van der Waals surface area contributed by atoms with Crippen molar-refractivity contribution in [3.8, 4) is 17.5 Å². The molecule has 3 heterocycles. The number of rotatable bonds is 8. The summed E-state index contributed by atoms with van der Waals surface area (Å²) < 4.78 is 53.3. The number of aliphatic hydroxyl groups is 1. The van der Waals surface area contributed by atoms with Crippen molar-refractivity contribution >= 4 is 17.2 Å². The fourth-order valence-electron chi connectivity index (χ4n) is 2.90. The molecule has 0 saturated heterocycles. The summed E-state index contributed by atoms with van der Waals surface area (Å²) in [6, 6.07) is 4.80. The van der Waals surface area contributed by atoms with Crippen LogP contribution in [0.2, 0.25) is 0 Å². The smallest absolute Gasteiger partial charge is 0.387 e. The van der Waals surface area contributed by atoms with E-state index in [1.54, 1.807) is 0 Å². The Morgan fingerprint density at radius 2 is 1.97 bits per heavy atom. The van der Waals surface area contributed by atoms with E-state index >= 15 is 0 Å². The molecule has 1 amide bonds. The van der Waals surface area contributed by atoms with Crippen LogP contribution in [-0.2, 0) is 0 Å². The Labute approximate surface area is 191 Å². The van der Waals surface area contributed by atoms with Crippen LogP contribution in [0.3, 0.4) is 0 Å². The molecule has 0 aliphatic carbocycles. The van der Waals surface area contributed by atoms with Gasteiger partial charge in [0.05, 0.1) is 53.5 Å². The lowest BCUT2D eigenvalue weighted by molar-refractivity contribution is -0.131. The first-order valence-corrected chi connectivity index (χ1v) is 10.1. The zero-order chi connectivity index (χ0) is 25.1. The lowest BCUT2D eigenvalue weighted by Crippen LogP contribution is -2.42. The molecular weight excluding hydrogens is 458 g/mol. The first kappa shape index (κ1) is 24.8. The molecule has 1 atom stereocenters.